The van der Waals surface area contributed by atoms with E-state index < -0.39 is 5.54 Å². The van der Waals surface area contributed by atoms with Gasteiger partial charge in [-0.25, -0.2) is 19.0 Å². The highest BCUT2D eigenvalue weighted by Gasteiger charge is 2.22. The fourth-order valence-electron chi connectivity index (χ4n) is 2.36. The number of benzene rings is 1. The fourth-order valence-corrected chi connectivity index (χ4v) is 2.36. The maximum absolute atomic E-state index is 14.1. The molecule has 0 unspecified atom stereocenters. The molecule has 0 radical (unpaired) electrons. The van der Waals surface area contributed by atoms with Crippen molar-refractivity contribution in [1.82, 2.24) is 19.7 Å². The molecule has 0 atom stereocenters. The van der Waals surface area contributed by atoms with Gasteiger partial charge in [0.1, 0.15) is 23.6 Å². The van der Waals surface area contributed by atoms with Crippen LogP contribution < -0.4 is 5.32 Å². The SMILES string of the molecule is Cc1nn(-c2ccccc2F)c2ncnc(NC(C)(C)CO)c12. The summed E-state index contributed by atoms with van der Waals surface area (Å²) >= 11 is 0. The molecule has 0 bridgehead atoms. The Morgan fingerprint density at radius 1 is 1.26 bits per heavy atom. The summed E-state index contributed by atoms with van der Waals surface area (Å²) in [6, 6.07) is 6.40. The van der Waals surface area contributed by atoms with Crippen LogP contribution in [0.5, 0.6) is 0 Å². The van der Waals surface area contributed by atoms with Crippen molar-refractivity contribution in [3.63, 3.8) is 0 Å². The summed E-state index contributed by atoms with van der Waals surface area (Å²) in [5.74, 6) is 0.190. The lowest BCUT2D eigenvalue weighted by molar-refractivity contribution is 0.234. The molecule has 0 amide bonds. The number of rotatable bonds is 4. The molecule has 2 heterocycles. The average molecular weight is 315 g/mol. The largest absolute Gasteiger partial charge is 0.394 e. The second kappa shape index (κ2) is 5.58. The van der Waals surface area contributed by atoms with Gasteiger partial charge in [-0.2, -0.15) is 5.10 Å². The molecular formula is C16H18FN5O. The number of fused-ring (bicyclic) bond motifs is 1. The summed E-state index contributed by atoms with van der Waals surface area (Å²) in [5, 5.41) is 17.7. The summed E-state index contributed by atoms with van der Waals surface area (Å²) in [4.78, 5) is 8.51. The van der Waals surface area contributed by atoms with Crippen molar-refractivity contribution in [3.8, 4) is 5.69 Å². The highest BCUT2D eigenvalue weighted by atomic mass is 19.1. The molecule has 0 aliphatic rings. The van der Waals surface area contributed by atoms with Crippen molar-refractivity contribution in [2.24, 2.45) is 0 Å². The van der Waals surface area contributed by atoms with E-state index >= 15 is 0 Å². The third-order valence-corrected chi connectivity index (χ3v) is 3.57. The molecule has 2 N–H and O–H groups in total. The molecule has 6 nitrogen and oxygen atoms in total. The molecule has 23 heavy (non-hydrogen) atoms. The van der Waals surface area contributed by atoms with E-state index in [4.69, 9.17) is 0 Å². The van der Waals surface area contributed by atoms with Crippen LogP contribution in [0.3, 0.4) is 0 Å². The topological polar surface area (TPSA) is 75.9 Å². The molecule has 7 heteroatoms. The smallest absolute Gasteiger partial charge is 0.168 e. The van der Waals surface area contributed by atoms with Crippen LogP contribution in [0.2, 0.25) is 0 Å². The van der Waals surface area contributed by atoms with E-state index in [1.807, 2.05) is 20.8 Å². The number of anilines is 1. The van der Waals surface area contributed by atoms with Crippen LogP contribution in [0.15, 0.2) is 30.6 Å². The number of aliphatic hydroxyl groups is 1. The van der Waals surface area contributed by atoms with Crippen molar-refractivity contribution in [3.05, 3.63) is 42.1 Å². The van der Waals surface area contributed by atoms with Gasteiger partial charge in [0.15, 0.2) is 5.65 Å². The normalized spacial score (nSPS) is 11.9. The van der Waals surface area contributed by atoms with Gasteiger partial charge in [0.05, 0.1) is 23.2 Å². The number of para-hydroxylation sites is 1. The number of hydrogen-bond acceptors (Lipinski definition) is 5. The number of halogens is 1. The van der Waals surface area contributed by atoms with Gasteiger partial charge in [-0.1, -0.05) is 12.1 Å². The van der Waals surface area contributed by atoms with Crippen LogP contribution in [-0.4, -0.2) is 37.0 Å². The molecule has 0 aliphatic carbocycles. The number of aromatic nitrogens is 4. The molecule has 3 rings (SSSR count). The fraction of sp³-hybridized carbons (Fsp3) is 0.312. The molecule has 0 aliphatic heterocycles. The third-order valence-electron chi connectivity index (χ3n) is 3.57. The maximum atomic E-state index is 14.1. The van der Waals surface area contributed by atoms with E-state index in [0.717, 1.165) is 0 Å². The van der Waals surface area contributed by atoms with Crippen molar-refractivity contribution in [1.29, 1.82) is 0 Å². The third kappa shape index (κ3) is 2.75. The Morgan fingerprint density at radius 3 is 2.70 bits per heavy atom. The molecule has 0 fully saturated rings. The first kappa shape index (κ1) is 15.4. The minimum absolute atomic E-state index is 0.0566. The Balaban J connectivity index is 2.20. The predicted molar refractivity (Wildman–Crippen MR) is 86.1 cm³/mol. The van der Waals surface area contributed by atoms with Gasteiger partial charge in [0.2, 0.25) is 0 Å². The molecule has 2 aromatic heterocycles. The van der Waals surface area contributed by atoms with Gasteiger partial charge >= 0.3 is 0 Å². The maximum Gasteiger partial charge on any atom is 0.168 e. The van der Waals surface area contributed by atoms with Gasteiger partial charge in [-0.3, -0.25) is 0 Å². The molecule has 0 spiro atoms. The lowest BCUT2D eigenvalue weighted by Crippen LogP contribution is -2.35. The Kier molecular flexibility index (Phi) is 3.73. The minimum atomic E-state index is -0.548. The summed E-state index contributed by atoms with van der Waals surface area (Å²) in [6.07, 6.45) is 1.40. The first-order chi connectivity index (χ1) is 10.9. The lowest BCUT2D eigenvalue weighted by Gasteiger charge is -2.24. The van der Waals surface area contributed by atoms with Crippen LogP contribution >= 0.6 is 0 Å². The van der Waals surface area contributed by atoms with Crippen molar-refractivity contribution in [2.75, 3.05) is 11.9 Å². The van der Waals surface area contributed by atoms with Crippen LogP contribution in [0.4, 0.5) is 10.2 Å². The standard InChI is InChI=1S/C16H18FN5O/c1-10-13-14(20-16(2,3)8-23)18-9-19-15(13)22(21-10)12-7-5-4-6-11(12)17/h4-7,9,23H,8H2,1-3H3,(H,18,19,20). The number of nitrogens with zero attached hydrogens (tertiary/aromatic N) is 4. The van der Waals surface area contributed by atoms with Gasteiger partial charge in [0.25, 0.3) is 0 Å². The lowest BCUT2D eigenvalue weighted by atomic mass is 10.1. The van der Waals surface area contributed by atoms with Gasteiger partial charge in [-0.05, 0) is 32.9 Å². The molecule has 0 saturated carbocycles. The second-order valence-electron chi connectivity index (χ2n) is 6.04. The van der Waals surface area contributed by atoms with Crippen LogP contribution in [-0.2, 0) is 0 Å². The van der Waals surface area contributed by atoms with E-state index in [-0.39, 0.29) is 12.4 Å². The predicted octanol–water partition coefficient (Wildman–Crippen LogP) is 2.45. The number of hydrogen-bond donors (Lipinski definition) is 2. The Labute approximate surface area is 133 Å². The van der Waals surface area contributed by atoms with E-state index in [9.17, 15) is 9.50 Å². The zero-order valence-electron chi connectivity index (χ0n) is 13.2. The first-order valence-electron chi connectivity index (χ1n) is 7.27. The van der Waals surface area contributed by atoms with E-state index in [1.165, 1.54) is 17.1 Å². The van der Waals surface area contributed by atoms with Crippen LogP contribution in [0.25, 0.3) is 16.7 Å². The molecule has 1 aromatic carbocycles. The molecule has 3 aromatic rings. The van der Waals surface area contributed by atoms with E-state index in [2.05, 4.69) is 20.4 Å². The van der Waals surface area contributed by atoms with Crippen molar-refractivity contribution in [2.45, 2.75) is 26.3 Å². The van der Waals surface area contributed by atoms with Crippen molar-refractivity contribution < 1.29 is 9.50 Å². The van der Waals surface area contributed by atoms with Gasteiger partial charge in [0, 0.05) is 0 Å². The van der Waals surface area contributed by atoms with Gasteiger partial charge < -0.3 is 10.4 Å². The summed E-state index contributed by atoms with van der Waals surface area (Å²) in [5.41, 5.74) is 0.976. The molecular weight excluding hydrogens is 297 g/mol. The highest BCUT2D eigenvalue weighted by molar-refractivity contribution is 5.90. The monoisotopic (exact) mass is 315 g/mol. The summed E-state index contributed by atoms with van der Waals surface area (Å²) in [6.45, 7) is 5.48. The summed E-state index contributed by atoms with van der Waals surface area (Å²) < 4.78 is 15.6. The van der Waals surface area contributed by atoms with Crippen molar-refractivity contribution >= 4 is 16.9 Å². The number of aryl methyl sites for hydroxylation is 1. The van der Waals surface area contributed by atoms with Gasteiger partial charge in [-0.15, -0.1) is 0 Å². The zero-order chi connectivity index (χ0) is 16.6. The highest BCUT2D eigenvalue weighted by Crippen LogP contribution is 2.27. The second-order valence-corrected chi connectivity index (χ2v) is 6.04. The molecule has 120 valence electrons. The number of aliphatic hydroxyl groups excluding tert-OH is 1. The Bertz CT molecular complexity index is 859. The Hall–Kier alpha value is -2.54. The van der Waals surface area contributed by atoms with Crippen LogP contribution in [0, 0.1) is 12.7 Å². The van der Waals surface area contributed by atoms with Crippen LogP contribution in [0.1, 0.15) is 19.5 Å². The molecule has 0 saturated heterocycles. The first-order valence-corrected chi connectivity index (χ1v) is 7.27. The average Bonchev–Trinajstić information content (AvgIpc) is 2.86. The number of nitrogens with one attached hydrogen (secondary N) is 1. The van der Waals surface area contributed by atoms with E-state index in [0.29, 0.717) is 28.2 Å². The van der Waals surface area contributed by atoms with E-state index in [1.54, 1.807) is 18.2 Å². The summed E-state index contributed by atoms with van der Waals surface area (Å²) in [7, 11) is 0. The zero-order valence-corrected chi connectivity index (χ0v) is 13.2. The Morgan fingerprint density at radius 2 is 2.00 bits per heavy atom. The quantitative estimate of drug-likeness (QED) is 0.773. The minimum Gasteiger partial charge on any atom is -0.394 e.